The van der Waals surface area contributed by atoms with E-state index in [2.05, 4.69) is 126 Å². The van der Waals surface area contributed by atoms with Crippen LogP contribution < -0.4 is 10.6 Å². The zero-order valence-electron chi connectivity index (χ0n) is 25.5. The summed E-state index contributed by atoms with van der Waals surface area (Å²) in [6.07, 6.45) is 1.73. The second-order valence-corrected chi connectivity index (χ2v) is 11.8. The van der Waals surface area contributed by atoms with Crippen LogP contribution in [0.1, 0.15) is 39.7 Å². The van der Waals surface area contributed by atoms with Crippen molar-refractivity contribution in [3.63, 3.8) is 0 Å². The van der Waals surface area contributed by atoms with Crippen LogP contribution in [0.2, 0.25) is 0 Å². The van der Waals surface area contributed by atoms with Crippen LogP contribution in [0, 0.1) is 0 Å². The molecule has 0 radical (unpaired) electrons. The van der Waals surface area contributed by atoms with Gasteiger partial charge in [-0.25, -0.2) is 9.98 Å². The molecule has 1 unspecified atom stereocenters. The molecule has 0 bridgehead atoms. The number of amidine groups is 2. The van der Waals surface area contributed by atoms with Crippen LogP contribution in [0.15, 0.2) is 166 Å². The Morgan fingerprint density at radius 2 is 1.13 bits per heavy atom. The number of furan rings is 1. The number of hydrogen-bond donors (Lipinski definition) is 2. The van der Waals surface area contributed by atoms with Gasteiger partial charge >= 0.3 is 0 Å². The predicted molar refractivity (Wildman–Crippen MR) is 191 cm³/mol. The molecule has 2 N–H and O–H groups in total. The number of benzene rings is 6. The SMILES string of the molecule is C1=C(c2ccc(C3=NC(c4ccc(-c5ccccc5)cc4)N=C(c4ccccc4)N3)c3ccccc23)c2c(oc3ccccc23)CN1. The second kappa shape index (κ2) is 11.3. The number of rotatable bonds is 5. The molecule has 0 spiro atoms. The zero-order valence-corrected chi connectivity index (χ0v) is 25.5. The van der Waals surface area contributed by atoms with Gasteiger partial charge in [-0.15, -0.1) is 0 Å². The molecule has 1 aromatic heterocycles. The summed E-state index contributed by atoms with van der Waals surface area (Å²) in [5, 5.41) is 10.4. The van der Waals surface area contributed by atoms with Gasteiger partial charge < -0.3 is 15.1 Å². The topological polar surface area (TPSA) is 61.9 Å². The first-order valence-electron chi connectivity index (χ1n) is 15.9. The van der Waals surface area contributed by atoms with Gasteiger partial charge in [0.2, 0.25) is 0 Å². The van der Waals surface area contributed by atoms with Gasteiger partial charge in [-0.2, -0.15) is 0 Å². The minimum absolute atomic E-state index is 0.394. The molecule has 0 fully saturated rings. The van der Waals surface area contributed by atoms with Crippen LogP contribution in [0.25, 0.3) is 38.4 Å². The van der Waals surface area contributed by atoms with E-state index in [1.54, 1.807) is 0 Å². The summed E-state index contributed by atoms with van der Waals surface area (Å²) in [7, 11) is 0. The number of para-hydroxylation sites is 1. The molecule has 9 rings (SSSR count). The molecule has 224 valence electrons. The smallest absolute Gasteiger partial charge is 0.169 e. The minimum atomic E-state index is -0.394. The molecule has 2 aliphatic rings. The lowest BCUT2D eigenvalue weighted by molar-refractivity contribution is 0.531. The zero-order chi connectivity index (χ0) is 31.2. The van der Waals surface area contributed by atoms with Crippen LogP contribution in [-0.2, 0) is 6.54 Å². The highest BCUT2D eigenvalue weighted by Gasteiger charge is 2.26. The molecule has 0 aliphatic carbocycles. The van der Waals surface area contributed by atoms with Crippen molar-refractivity contribution in [1.29, 1.82) is 0 Å². The molecule has 1 atom stereocenters. The van der Waals surface area contributed by atoms with Crippen molar-refractivity contribution in [2.24, 2.45) is 9.98 Å². The lowest BCUT2D eigenvalue weighted by atomic mass is 9.89. The Hall–Kier alpha value is -6.20. The van der Waals surface area contributed by atoms with Crippen LogP contribution in [-0.4, -0.2) is 11.7 Å². The van der Waals surface area contributed by atoms with E-state index in [9.17, 15) is 0 Å². The third-order valence-electron chi connectivity index (χ3n) is 9.02. The largest absolute Gasteiger partial charge is 0.459 e. The van der Waals surface area contributed by atoms with Gasteiger partial charge in [0.25, 0.3) is 0 Å². The van der Waals surface area contributed by atoms with Crippen molar-refractivity contribution >= 4 is 39.0 Å². The van der Waals surface area contributed by atoms with Crippen LogP contribution in [0.3, 0.4) is 0 Å². The first-order chi connectivity index (χ1) is 23.3. The second-order valence-electron chi connectivity index (χ2n) is 11.8. The van der Waals surface area contributed by atoms with Crippen molar-refractivity contribution < 1.29 is 4.42 Å². The van der Waals surface area contributed by atoms with Gasteiger partial charge in [0.05, 0.1) is 6.54 Å². The Morgan fingerprint density at radius 1 is 0.532 bits per heavy atom. The van der Waals surface area contributed by atoms with Crippen molar-refractivity contribution in [2.45, 2.75) is 12.7 Å². The quantitative estimate of drug-likeness (QED) is 0.205. The molecule has 0 saturated carbocycles. The molecule has 2 aliphatic heterocycles. The molecule has 0 saturated heterocycles. The maximum absolute atomic E-state index is 6.27. The first kappa shape index (κ1) is 27.1. The lowest BCUT2D eigenvalue weighted by Crippen LogP contribution is -2.36. The van der Waals surface area contributed by atoms with E-state index < -0.39 is 6.17 Å². The van der Waals surface area contributed by atoms with E-state index >= 15 is 0 Å². The molecule has 47 heavy (non-hydrogen) atoms. The van der Waals surface area contributed by atoms with E-state index in [4.69, 9.17) is 14.4 Å². The van der Waals surface area contributed by atoms with E-state index in [0.717, 1.165) is 72.6 Å². The normalized spacial score (nSPS) is 15.7. The summed E-state index contributed by atoms with van der Waals surface area (Å²) >= 11 is 0. The Morgan fingerprint density at radius 3 is 1.89 bits per heavy atom. The average Bonchev–Trinajstić information content (AvgIpc) is 3.54. The Kier molecular flexibility index (Phi) is 6.53. The minimum Gasteiger partial charge on any atom is -0.459 e. The fourth-order valence-corrected chi connectivity index (χ4v) is 6.74. The molecule has 5 nitrogen and oxygen atoms in total. The average molecular weight is 607 g/mol. The summed E-state index contributed by atoms with van der Waals surface area (Å²) in [5.41, 5.74) is 9.77. The van der Waals surface area contributed by atoms with Crippen LogP contribution >= 0.6 is 0 Å². The van der Waals surface area contributed by atoms with Crippen LogP contribution in [0.5, 0.6) is 0 Å². The summed E-state index contributed by atoms with van der Waals surface area (Å²) in [5.74, 6) is 2.55. The van der Waals surface area contributed by atoms with Gasteiger partial charge in [-0.1, -0.05) is 140 Å². The highest BCUT2D eigenvalue weighted by molar-refractivity contribution is 6.21. The third kappa shape index (κ3) is 4.80. The van der Waals surface area contributed by atoms with Gasteiger partial charge in [0.15, 0.2) is 6.17 Å². The number of hydrogen-bond acceptors (Lipinski definition) is 5. The maximum atomic E-state index is 6.27. The molecular weight excluding hydrogens is 576 g/mol. The van der Waals surface area contributed by atoms with E-state index in [1.807, 2.05) is 36.4 Å². The Bertz CT molecular complexity index is 2370. The van der Waals surface area contributed by atoms with Crippen molar-refractivity contribution in [3.8, 4) is 11.1 Å². The van der Waals surface area contributed by atoms with E-state index in [0.29, 0.717) is 6.54 Å². The van der Waals surface area contributed by atoms with Gasteiger partial charge in [-0.05, 0) is 39.1 Å². The molecule has 6 aromatic carbocycles. The standard InChI is InChI=1S/C42H30N4O/c1-3-11-27(12-4-1)28-19-21-30(22-20-28)41-44-40(29-13-5-2-6-14-29)45-42(46-41)34-24-23-33(31-15-7-8-16-32(31)34)36-25-43-26-38-39(36)35-17-9-10-18-37(35)47-38/h1-25,41,43H,26H2,(H,44,45,46). The molecular formula is C42H30N4O. The summed E-state index contributed by atoms with van der Waals surface area (Å²) in [6, 6.07) is 50.5. The van der Waals surface area contributed by atoms with Gasteiger partial charge in [0.1, 0.15) is 23.0 Å². The number of nitrogens with one attached hydrogen (secondary N) is 2. The van der Waals surface area contributed by atoms with Crippen molar-refractivity contribution in [2.75, 3.05) is 0 Å². The maximum Gasteiger partial charge on any atom is 0.169 e. The monoisotopic (exact) mass is 606 g/mol. The molecule has 0 amide bonds. The molecule has 5 heteroatoms. The van der Waals surface area contributed by atoms with E-state index in [-0.39, 0.29) is 0 Å². The number of nitrogens with zero attached hydrogens (tertiary/aromatic N) is 2. The highest BCUT2D eigenvalue weighted by atomic mass is 16.3. The van der Waals surface area contributed by atoms with E-state index in [1.165, 1.54) is 11.1 Å². The number of aliphatic imine (C=N–C) groups is 2. The van der Waals surface area contributed by atoms with Gasteiger partial charge in [0, 0.05) is 33.8 Å². The van der Waals surface area contributed by atoms with Crippen molar-refractivity contribution in [3.05, 3.63) is 185 Å². The lowest BCUT2D eigenvalue weighted by Gasteiger charge is -2.24. The van der Waals surface area contributed by atoms with Gasteiger partial charge in [-0.3, -0.25) is 0 Å². The van der Waals surface area contributed by atoms with Crippen molar-refractivity contribution in [1.82, 2.24) is 10.6 Å². The predicted octanol–water partition coefficient (Wildman–Crippen LogP) is 9.24. The highest BCUT2D eigenvalue weighted by Crippen LogP contribution is 2.40. The summed E-state index contributed by atoms with van der Waals surface area (Å²) in [4.78, 5) is 10.3. The third-order valence-corrected chi connectivity index (χ3v) is 9.02. The fourth-order valence-electron chi connectivity index (χ4n) is 6.74. The summed E-state index contributed by atoms with van der Waals surface area (Å²) in [6.45, 7) is 0.666. The Labute approximate surface area is 272 Å². The summed E-state index contributed by atoms with van der Waals surface area (Å²) < 4.78 is 6.27. The first-order valence-corrected chi connectivity index (χ1v) is 15.9. The fraction of sp³-hybridized carbons (Fsp3) is 0.0476. The van der Waals surface area contributed by atoms with Crippen LogP contribution in [0.4, 0.5) is 0 Å². The molecule has 7 aromatic rings. The molecule has 3 heterocycles. The Balaban J connectivity index is 1.16. The number of fused-ring (bicyclic) bond motifs is 4.